The van der Waals surface area contributed by atoms with Gasteiger partial charge in [-0.05, 0) is 18.2 Å². The van der Waals surface area contributed by atoms with Gasteiger partial charge in [-0.15, -0.1) is 0 Å². The van der Waals surface area contributed by atoms with Crippen LogP contribution in [-0.2, 0) is 4.79 Å². The number of carbonyl (C=O) groups excluding carboxylic acids is 1. The molecule has 2 atom stereocenters. The van der Waals surface area contributed by atoms with Crippen LogP contribution in [0.3, 0.4) is 0 Å². The number of fused-ring (bicyclic) bond motifs is 1. The van der Waals surface area contributed by atoms with Crippen molar-refractivity contribution in [2.75, 3.05) is 11.4 Å². The number of nitrogens with zero attached hydrogens (tertiary/aromatic N) is 1. The van der Waals surface area contributed by atoms with E-state index >= 15 is 0 Å². The van der Waals surface area contributed by atoms with Crippen molar-refractivity contribution in [3.63, 3.8) is 0 Å². The highest BCUT2D eigenvalue weighted by molar-refractivity contribution is 5.98. The minimum absolute atomic E-state index is 0.0785. The fraction of sp³-hybridized carbons (Fsp3) is 0.214. The molecule has 16 heavy (non-hydrogen) atoms. The van der Waals surface area contributed by atoms with E-state index in [0.717, 1.165) is 12.2 Å². The van der Waals surface area contributed by atoms with Gasteiger partial charge in [0.2, 0.25) is 5.91 Å². The second kappa shape index (κ2) is 3.63. The summed E-state index contributed by atoms with van der Waals surface area (Å²) in [5.41, 5.74) is 0.983. The number of amides is 1. The molecule has 2 unspecified atom stereocenters. The zero-order valence-electron chi connectivity index (χ0n) is 8.84. The van der Waals surface area contributed by atoms with Gasteiger partial charge in [0, 0.05) is 18.2 Å². The van der Waals surface area contributed by atoms with Crippen molar-refractivity contribution < 1.29 is 4.79 Å². The molecule has 0 bridgehead atoms. The molecule has 1 aromatic rings. The quantitative estimate of drug-likeness (QED) is 0.695. The van der Waals surface area contributed by atoms with Crippen molar-refractivity contribution in [1.29, 1.82) is 0 Å². The zero-order chi connectivity index (χ0) is 11.0. The lowest BCUT2D eigenvalue weighted by atomic mass is 9.92. The van der Waals surface area contributed by atoms with E-state index in [1.165, 1.54) is 0 Å². The molecule has 79 valence electrons. The molecule has 2 aliphatic rings. The Morgan fingerprint density at radius 2 is 2.06 bits per heavy atom. The van der Waals surface area contributed by atoms with E-state index in [4.69, 9.17) is 0 Å². The third kappa shape index (κ3) is 1.38. The molecule has 2 nitrogen and oxygen atoms in total. The number of benzene rings is 1. The summed E-state index contributed by atoms with van der Waals surface area (Å²) in [6, 6.07) is 9.83. The Labute approximate surface area is 94.9 Å². The molecule has 0 aromatic heterocycles. The van der Waals surface area contributed by atoms with Gasteiger partial charge in [-0.1, -0.05) is 36.4 Å². The number of allylic oxidation sites excluding steroid dienone is 2. The number of anilines is 1. The number of carbonyl (C=O) groups is 1. The first-order chi connectivity index (χ1) is 7.86. The normalized spacial score (nSPS) is 27.2. The van der Waals surface area contributed by atoms with Crippen LogP contribution < -0.4 is 4.90 Å². The first kappa shape index (κ1) is 9.40. The minimum atomic E-state index is -0.0785. The van der Waals surface area contributed by atoms with Gasteiger partial charge >= 0.3 is 0 Å². The van der Waals surface area contributed by atoms with E-state index in [1.54, 1.807) is 0 Å². The summed E-state index contributed by atoms with van der Waals surface area (Å²) >= 11 is 0. The Morgan fingerprint density at radius 1 is 1.25 bits per heavy atom. The van der Waals surface area contributed by atoms with Crippen molar-refractivity contribution >= 4 is 11.6 Å². The van der Waals surface area contributed by atoms with Crippen LogP contribution in [0.1, 0.15) is 0 Å². The average molecular weight is 210 g/mol. The highest BCUT2D eigenvalue weighted by atomic mass is 16.2. The summed E-state index contributed by atoms with van der Waals surface area (Å²) in [6.45, 7) is 0.769. The van der Waals surface area contributed by atoms with E-state index in [9.17, 15) is 4.79 Å². The first-order valence-electron chi connectivity index (χ1n) is 5.49. The lowest BCUT2D eigenvalue weighted by Gasteiger charge is -2.15. The van der Waals surface area contributed by atoms with Crippen molar-refractivity contribution in [2.45, 2.75) is 0 Å². The Bertz CT molecular complexity index is 461. The van der Waals surface area contributed by atoms with Gasteiger partial charge in [0.25, 0.3) is 0 Å². The molecule has 0 saturated carbocycles. The van der Waals surface area contributed by atoms with Crippen LogP contribution in [-0.4, -0.2) is 12.5 Å². The third-order valence-corrected chi connectivity index (χ3v) is 3.15. The predicted octanol–water partition coefficient (Wildman–Crippen LogP) is 2.19. The largest absolute Gasteiger partial charge is 0.311 e. The van der Waals surface area contributed by atoms with E-state index in [-0.39, 0.29) is 17.7 Å². The average Bonchev–Trinajstić information content (AvgIpc) is 2.69. The van der Waals surface area contributed by atoms with E-state index in [0.29, 0.717) is 0 Å². The zero-order valence-corrected chi connectivity index (χ0v) is 8.84. The highest BCUT2D eigenvalue weighted by Gasteiger charge is 2.38. The fourth-order valence-corrected chi connectivity index (χ4v) is 2.32. The molecular weight excluding hydrogens is 198 g/mol. The second-order valence-electron chi connectivity index (χ2n) is 4.14. The van der Waals surface area contributed by atoms with Gasteiger partial charge in [-0.25, -0.2) is 0 Å². The summed E-state index contributed by atoms with van der Waals surface area (Å²) in [5.74, 6) is 0.375. The molecule has 1 saturated heterocycles. The molecule has 1 aromatic carbocycles. The molecule has 1 amide bonds. The second-order valence-corrected chi connectivity index (χ2v) is 4.14. The van der Waals surface area contributed by atoms with Crippen molar-refractivity contribution in [3.8, 4) is 0 Å². The van der Waals surface area contributed by atoms with Gasteiger partial charge in [0.05, 0.1) is 5.92 Å². The predicted molar refractivity (Wildman–Crippen MR) is 62.7 cm³/mol. The number of hydrogen-bond acceptors (Lipinski definition) is 1. The van der Waals surface area contributed by atoms with Crippen LogP contribution in [0.4, 0.5) is 5.69 Å². The van der Waals surface area contributed by atoms with Crippen LogP contribution in [0, 0.1) is 17.9 Å². The Balaban J connectivity index is 1.92. The van der Waals surface area contributed by atoms with E-state index < -0.39 is 0 Å². The summed E-state index contributed by atoms with van der Waals surface area (Å²) in [5, 5.41) is 0. The lowest BCUT2D eigenvalue weighted by molar-refractivity contribution is -0.119. The summed E-state index contributed by atoms with van der Waals surface area (Å²) in [7, 11) is 0. The Morgan fingerprint density at radius 3 is 2.81 bits per heavy atom. The summed E-state index contributed by atoms with van der Waals surface area (Å²) < 4.78 is 0. The summed E-state index contributed by atoms with van der Waals surface area (Å²) in [6.07, 6.45) is 9.04. The molecule has 1 fully saturated rings. The Hall–Kier alpha value is -1.83. The molecular formula is C14H12NO. The van der Waals surface area contributed by atoms with Gasteiger partial charge in [0.1, 0.15) is 0 Å². The van der Waals surface area contributed by atoms with Gasteiger partial charge in [0.15, 0.2) is 0 Å². The number of para-hydroxylation sites is 1. The van der Waals surface area contributed by atoms with Crippen LogP contribution in [0.15, 0.2) is 48.6 Å². The maximum absolute atomic E-state index is 12.1. The fourth-order valence-electron chi connectivity index (χ4n) is 2.32. The molecule has 1 aliphatic heterocycles. The van der Waals surface area contributed by atoms with Gasteiger partial charge < -0.3 is 4.90 Å². The Kier molecular flexibility index (Phi) is 2.13. The van der Waals surface area contributed by atoms with Crippen LogP contribution in [0.25, 0.3) is 0 Å². The molecule has 0 spiro atoms. The third-order valence-electron chi connectivity index (χ3n) is 3.15. The van der Waals surface area contributed by atoms with Crippen molar-refractivity contribution in [3.05, 3.63) is 54.6 Å². The maximum Gasteiger partial charge on any atom is 0.235 e. The van der Waals surface area contributed by atoms with Gasteiger partial charge in [-0.3, -0.25) is 4.79 Å². The molecule has 1 heterocycles. The molecule has 1 aliphatic carbocycles. The molecule has 0 N–H and O–H groups in total. The first-order valence-corrected chi connectivity index (χ1v) is 5.49. The highest BCUT2D eigenvalue weighted by Crippen LogP contribution is 2.32. The summed E-state index contributed by atoms with van der Waals surface area (Å²) in [4.78, 5) is 14.0. The SMILES string of the molecule is O=C1C2[C]=CC=CC2CN1c1ccccc1. The maximum atomic E-state index is 12.1. The van der Waals surface area contributed by atoms with E-state index in [1.807, 2.05) is 47.4 Å². The molecule has 1 radical (unpaired) electrons. The smallest absolute Gasteiger partial charge is 0.235 e. The van der Waals surface area contributed by atoms with Crippen LogP contribution >= 0.6 is 0 Å². The number of hydrogen-bond donors (Lipinski definition) is 0. The lowest BCUT2D eigenvalue weighted by Crippen LogP contribution is -2.26. The number of rotatable bonds is 1. The van der Waals surface area contributed by atoms with E-state index in [2.05, 4.69) is 12.2 Å². The van der Waals surface area contributed by atoms with Crippen LogP contribution in [0.2, 0.25) is 0 Å². The van der Waals surface area contributed by atoms with Crippen molar-refractivity contribution in [2.24, 2.45) is 11.8 Å². The molecule has 3 rings (SSSR count). The minimum Gasteiger partial charge on any atom is -0.311 e. The van der Waals surface area contributed by atoms with Crippen LogP contribution in [0.5, 0.6) is 0 Å². The topological polar surface area (TPSA) is 20.3 Å². The standard InChI is InChI=1S/C14H12NO/c16-14-13-9-5-4-6-11(13)10-15(14)12-7-2-1-3-8-12/h1-8,11,13H,10H2. The van der Waals surface area contributed by atoms with Gasteiger partial charge in [-0.2, -0.15) is 0 Å². The monoisotopic (exact) mass is 210 g/mol. The van der Waals surface area contributed by atoms with Crippen molar-refractivity contribution in [1.82, 2.24) is 0 Å². The molecule has 2 heteroatoms.